The summed E-state index contributed by atoms with van der Waals surface area (Å²) in [5.74, 6) is -0.0510. The number of hydrogen-bond donors (Lipinski definition) is 0. The van der Waals surface area contributed by atoms with E-state index in [2.05, 4.69) is 65.8 Å². The molecule has 0 N–H and O–H groups in total. The van der Waals surface area contributed by atoms with E-state index in [9.17, 15) is 4.79 Å². The van der Waals surface area contributed by atoms with Gasteiger partial charge in [-0.3, -0.25) is 4.79 Å². The number of allylic oxidation sites excluding steroid dienone is 7. The third kappa shape index (κ3) is 23.4. The third-order valence-corrected chi connectivity index (χ3v) is 6.06. The van der Waals surface area contributed by atoms with Crippen LogP contribution < -0.4 is 0 Å². The molecule has 2 heteroatoms. The molecule has 0 atom stereocenters. The summed E-state index contributed by atoms with van der Waals surface area (Å²) in [4.78, 5) is 11.9. The van der Waals surface area contributed by atoms with Gasteiger partial charge in [0, 0.05) is 6.42 Å². The van der Waals surface area contributed by atoms with Gasteiger partial charge < -0.3 is 4.74 Å². The highest BCUT2D eigenvalue weighted by Gasteiger charge is 2.02. The molecule has 0 unspecified atom stereocenters. The highest BCUT2D eigenvalue weighted by Crippen LogP contribution is 2.14. The van der Waals surface area contributed by atoms with Crippen LogP contribution in [0.15, 0.2) is 46.6 Å². The standard InChI is InChI=1S/C31H54O2/c1-7-8-9-10-11-12-13-14-24-31(32)33-26-25-30(6)23-17-22-29(5)21-16-20-28(4)19-15-18-27(2)3/h18,20,22,25H,7-17,19,21,23-24,26H2,1-6H3/b28-20+,29-22+,30-25+. The maximum Gasteiger partial charge on any atom is 0.306 e. The van der Waals surface area contributed by atoms with E-state index >= 15 is 0 Å². The number of esters is 1. The molecular weight excluding hydrogens is 404 g/mol. The minimum absolute atomic E-state index is 0.0510. The van der Waals surface area contributed by atoms with Crippen LogP contribution in [0, 0.1) is 0 Å². The van der Waals surface area contributed by atoms with Crippen molar-refractivity contribution in [3.05, 3.63) is 46.6 Å². The normalized spacial score (nSPS) is 12.7. The molecule has 0 spiro atoms. The van der Waals surface area contributed by atoms with Crippen molar-refractivity contribution in [2.45, 2.75) is 138 Å². The molecule has 33 heavy (non-hydrogen) atoms. The number of carbonyl (C=O) groups is 1. The summed E-state index contributed by atoms with van der Waals surface area (Å²) in [5.41, 5.74) is 5.67. The molecule has 0 bridgehead atoms. The lowest BCUT2D eigenvalue weighted by atomic mass is 10.0. The summed E-state index contributed by atoms with van der Waals surface area (Å²) in [7, 11) is 0. The zero-order valence-electron chi connectivity index (χ0n) is 22.9. The first-order valence-electron chi connectivity index (χ1n) is 13.6. The van der Waals surface area contributed by atoms with E-state index in [4.69, 9.17) is 4.74 Å². The SMILES string of the molecule is CCCCCCCCCCC(=O)OC/C=C(\C)CC/C=C(\C)CC/C=C(\C)CCC=C(C)C. The van der Waals surface area contributed by atoms with Gasteiger partial charge in [-0.1, -0.05) is 92.4 Å². The Balaban J connectivity index is 3.84. The lowest BCUT2D eigenvalue weighted by molar-refractivity contribution is -0.142. The molecular formula is C31H54O2. The van der Waals surface area contributed by atoms with Crippen molar-refractivity contribution < 1.29 is 9.53 Å². The van der Waals surface area contributed by atoms with Crippen LogP contribution in [0.25, 0.3) is 0 Å². The van der Waals surface area contributed by atoms with E-state index < -0.39 is 0 Å². The van der Waals surface area contributed by atoms with Crippen LogP contribution in [0.3, 0.4) is 0 Å². The number of unbranched alkanes of at least 4 members (excludes halogenated alkanes) is 7. The summed E-state index contributed by atoms with van der Waals surface area (Å²) in [6.07, 6.45) is 26.4. The zero-order valence-corrected chi connectivity index (χ0v) is 22.9. The van der Waals surface area contributed by atoms with Crippen LogP contribution >= 0.6 is 0 Å². The van der Waals surface area contributed by atoms with Crippen molar-refractivity contribution >= 4 is 5.97 Å². The maximum atomic E-state index is 11.9. The molecule has 0 aliphatic carbocycles. The highest BCUT2D eigenvalue weighted by molar-refractivity contribution is 5.69. The van der Waals surface area contributed by atoms with Crippen LogP contribution in [0.1, 0.15) is 138 Å². The summed E-state index contributed by atoms with van der Waals surface area (Å²) in [5, 5.41) is 0. The van der Waals surface area contributed by atoms with Crippen LogP contribution in [-0.4, -0.2) is 12.6 Å². The first-order chi connectivity index (χ1) is 15.8. The Bertz CT molecular complexity index is 615. The molecule has 0 aromatic rings. The number of carbonyl (C=O) groups excluding carboxylic acids is 1. The molecule has 0 aliphatic heterocycles. The fourth-order valence-electron chi connectivity index (χ4n) is 3.74. The predicted molar refractivity (Wildman–Crippen MR) is 147 cm³/mol. The van der Waals surface area contributed by atoms with Crippen molar-refractivity contribution in [1.82, 2.24) is 0 Å². The average Bonchev–Trinajstić information content (AvgIpc) is 2.75. The second-order valence-corrected chi connectivity index (χ2v) is 9.96. The molecule has 0 aromatic carbocycles. The van der Waals surface area contributed by atoms with Crippen molar-refractivity contribution in [2.24, 2.45) is 0 Å². The lowest BCUT2D eigenvalue weighted by Gasteiger charge is -2.05. The van der Waals surface area contributed by atoms with Gasteiger partial charge in [-0.15, -0.1) is 0 Å². The van der Waals surface area contributed by atoms with Gasteiger partial charge in [0.25, 0.3) is 0 Å². The van der Waals surface area contributed by atoms with E-state index in [0.29, 0.717) is 13.0 Å². The Kier molecular flexibility index (Phi) is 21.2. The van der Waals surface area contributed by atoms with Gasteiger partial charge in [0.05, 0.1) is 0 Å². The van der Waals surface area contributed by atoms with Crippen molar-refractivity contribution in [3.8, 4) is 0 Å². The van der Waals surface area contributed by atoms with Gasteiger partial charge in [-0.2, -0.15) is 0 Å². The Morgan fingerprint density at radius 2 is 1.03 bits per heavy atom. The minimum atomic E-state index is -0.0510. The summed E-state index contributed by atoms with van der Waals surface area (Å²) < 4.78 is 5.38. The monoisotopic (exact) mass is 458 g/mol. The molecule has 0 amide bonds. The van der Waals surface area contributed by atoms with Crippen molar-refractivity contribution in [1.29, 1.82) is 0 Å². The van der Waals surface area contributed by atoms with Crippen LogP contribution in [-0.2, 0) is 9.53 Å². The Morgan fingerprint density at radius 3 is 1.55 bits per heavy atom. The van der Waals surface area contributed by atoms with Gasteiger partial charge >= 0.3 is 5.97 Å². The maximum absolute atomic E-state index is 11.9. The van der Waals surface area contributed by atoms with Gasteiger partial charge in [-0.25, -0.2) is 0 Å². The average molecular weight is 459 g/mol. The quantitative estimate of drug-likeness (QED) is 0.103. The van der Waals surface area contributed by atoms with Gasteiger partial charge in [0.15, 0.2) is 0 Å². The van der Waals surface area contributed by atoms with Crippen LogP contribution in [0.4, 0.5) is 0 Å². The summed E-state index contributed by atoms with van der Waals surface area (Å²) in [6.45, 7) is 13.6. The zero-order chi connectivity index (χ0) is 24.7. The van der Waals surface area contributed by atoms with Crippen molar-refractivity contribution in [2.75, 3.05) is 6.61 Å². The predicted octanol–water partition coefficient (Wildman–Crippen LogP) is 10.2. The van der Waals surface area contributed by atoms with E-state index in [1.807, 2.05) is 0 Å². The van der Waals surface area contributed by atoms with E-state index in [0.717, 1.165) is 44.9 Å². The van der Waals surface area contributed by atoms with Gasteiger partial charge in [-0.05, 0) is 85.6 Å². The molecule has 2 nitrogen and oxygen atoms in total. The second kappa shape index (κ2) is 22.2. The van der Waals surface area contributed by atoms with E-state index in [-0.39, 0.29) is 5.97 Å². The van der Waals surface area contributed by atoms with Crippen LogP contribution in [0.5, 0.6) is 0 Å². The van der Waals surface area contributed by atoms with E-state index in [1.54, 1.807) is 0 Å². The molecule has 190 valence electrons. The molecule has 0 radical (unpaired) electrons. The molecule has 0 rings (SSSR count). The highest BCUT2D eigenvalue weighted by atomic mass is 16.5. The molecule has 0 aromatic heterocycles. The lowest BCUT2D eigenvalue weighted by Crippen LogP contribution is -2.04. The number of ether oxygens (including phenoxy) is 1. The Morgan fingerprint density at radius 1 is 0.576 bits per heavy atom. The molecule has 0 saturated heterocycles. The summed E-state index contributed by atoms with van der Waals surface area (Å²) in [6, 6.07) is 0. The van der Waals surface area contributed by atoms with Crippen LogP contribution in [0.2, 0.25) is 0 Å². The Hall–Kier alpha value is -1.57. The van der Waals surface area contributed by atoms with Crippen molar-refractivity contribution in [3.63, 3.8) is 0 Å². The Labute approximate surface area is 206 Å². The first-order valence-corrected chi connectivity index (χ1v) is 13.6. The fraction of sp³-hybridized carbons (Fsp3) is 0.710. The van der Waals surface area contributed by atoms with E-state index in [1.165, 1.54) is 67.2 Å². The topological polar surface area (TPSA) is 26.3 Å². The first kappa shape index (κ1) is 31.4. The third-order valence-electron chi connectivity index (χ3n) is 6.06. The van der Waals surface area contributed by atoms with Gasteiger partial charge in [0.1, 0.15) is 6.61 Å². The second-order valence-electron chi connectivity index (χ2n) is 9.96. The number of rotatable bonds is 20. The van der Waals surface area contributed by atoms with Gasteiger partial charge in [0.2, 0.25) is 0 Å². The molecule has 0 saturated carbocycles. The number of hydrogen-bond acceptors (Lipinski definition) is 2. The smallest absolute Gasteiger partial charge is 0.306 e. The summed E-state index contributed by atoms with van der Waals surface area (Å²) >= 11 is 0. The molecule has 0 heterocycles. The molecule has 0 fully saturated rings. The largest absolute Gasteiger partial charge is 0.461 e. The minimum Gasteiger partial charge on any atom is -0.461 e. The fourth-order valence-corrected chi connectivity index (χ4v) is 3.74. The molecule has 0 aliphatic rings.